The van der Waals surface area contributed by atoms with Crippen molar-refractivity contribution in [3.63, 3.8) is 0 Å². The summed E-state index contributed by atoms with van der Waals surface area (Å²) in [5.41, 5.74) is 0.935. The molecule has 1 amide bonds. The van der Waals surface area contributed by atoms with Crippen LogP contribution in [0, 0.1) is 0 Å². The molecule has 0 aliphatic carbocycles. The lowest BCUT2D eigenvalue weighted by atomic mass is 10.2. The Balaban J connectivity index is 2.00. The number of rotatable bonds is 4. The molecular formula is C13H12ClN3O3S. The second kappa shape index (κ2) is 6.19. The molecule has 0 aliphatic rings. The van der Waals surface area contributed by atoms with Gasteiger partial charge >= 0.3 is 0 Å². The number of sulfone groups is 1. The molecule has 6 nitrogen and oxygen atoms in total. The number of halogens is 1. The fraction of sp³-hybridized carbons (Fsp3) is 0.154. The summed E-state index contributed by atoms with van der Waals surface area (Å²) in [4.78, 5) is 19.7. The maximum absolute atomic E-state index is 11.8. The topological polar surface area (TPSA) is 89.0 Å². The number of aromatic nitrogens is 2. The SMILES string of the molecule is CS(=O)(=O)c1ccc(CNC(=O)c2cnc(Cl)cn2)cc1. The van der Waals surface area contributed by atoms with Gasteiger partial charge in [0.25, 0.3) is 5.91 Å². The summed E-state index contributed by atoms with van der Waals surface area (Å²) >= 11 is 5.59. The molecule has 1 N–H and O–H groups in total. The van der Waals surface area contributed by atoms with Gasteiger partial charge in [-0.25, -0.2) is 18.4 Å². The molecule has 0 bridgehead atoms. The van der Waals surface area contributed by atoms with E-state index in [1.165, 1.54) is 24.5 Å². The predicted octanol–water partition coefficient (Wildman–Crippen LogP) is 1.46. The highest BCUT2D eigenvalue weighted by atomic mass is 35.5. The molecule has 0 spiro atoms. The molecule has 0 unspecified atom stereocenters. The molecule has 1 heterocycles. The second-order valence-corrected chi connectivity index (χ2v) is 6.73. The Morgan fingerprint density at radius 2 is 1.86 bits per heavy atom. The van der Waals surface area contributed by atoms with Crippen LogP contribution in [0.4, 0.5) is 0 Å². The van der Waals surface area contributed by atoms with Crippen LogP contribution in [-0.2, 0) is 16.4 Å². The van der Waals surface area contributed by atoms with Crippen molar-refractivity contribution in [1.82, 2.24) is 15.3 Å². The van der Waals surface area contributed by atoms with Gasteiger partial charge in [-0.15, -0.1) is 0 Å². The fourth-order valence-corrected chi connectivity index (χ4v) is 2.28. The van der Waals surface area contributed by atoms with E-state index in [4.69, 9.17) is 11.6 Å². The predicted molar refractivity (Wildman–Crippen MR) is 77.8 cm³/mol. The lowest BCUT2D eigenvalue weighted by Crippen LogP contribution is -2.23. The van der Waals surface area contributed by atoms with Crippen LogP contribution in [0.3, 0.4) is 0 Å². The second-order valence-electron chi connectivity index (χ2n) is 4.32. The zero-order chi connectivity index (χ0) is 15.5. The van der Waals surface area contributed by atoms with Crippen LogP contribution in [0.2, 0.25) is 5.15 Å². The maximum atomic E-state index is 11.8. The molecule has 2 rings (SSSR count). The molecule has 8 heteroatoms. The normalized spacial score (nSPS) is 11.1. The van der Waals surface area contributed by atoms with Crippen molar-refractivity contribution in [3.8, 4) is 0 Å². The monoisotopic (exact) mass is 325 g/mol. The first-order valence-electron chi connectivity index (χ1n) is 5.91. The highest BCUT2D eigenvalue weighted by Crippen LogP contribution is 2.10. The smallest absolute Gasteiger partial charge is 0.271 e. The summed E-state index contributed by atoms with van der Waals surface area (Å²) in [5.74, 6) is -0.383. The molecule has 21 heavy (non-hydrogen) atoms. The minimum absolute atomic E-state index is 0.159. The van der Waals surface area contributed by atoms with E-state index in [1.54, 1.807) is 12.1 Å². The van der Waals surface area contributed by atoms with Gasteiger partial charge in [0.2, 0.25) is 0 Å². The summed E-state index contributed by atoms with van der Waals surface area (Å²) in [6.07, 6.45) is 3.71. The van der Waals surface area contributed by atoms with Crippen molar-refractivity contribution in [2.24, 2.45) is 0 Å². The van der Waals surface area contributed by atoms with E-state index in [0.717, 1.165) is 11.8 Å². The van der Waals surface area contributed by atoms with E-state index < -0.39 is 9.84 Å². The quantitative estimate of drug-likeness (QED) is 0.919. The number of benzene rings is 1. The van der Waals surface area contributed by atoms with E-state index in [-0.39, 0.29) is 28.2 Å². The largest absolute Gasteiger partial charge is 0.347 e. The molecule has 1 aromatic carbocycles. The molecule has 0 aliphatic heterocycles. The number of nitrogens with zero attached hydrogens (tertiary/aromatic N) is 2. The summed E-state index contributed by atoms with van der Waals surface area (Å²) in [6, 6.07) is 6.28. The van der Waals surface area contributed by atoms with Crippen molar-refractivity contribution >= 4 is 27.3 Å². The number of carbonyl (C=O) groups is 1. The number of hydrogen-bond acceptors (Lipinski definition) is 5. The summed E-state index contributed by atoms with van der Waals surface area (Å²) in [7, 11) is -3.22. The molecule has 0 atom stereocenters. The first-order chi connectivity index (χ1) is 9.86. The average Bonchev–Trinajstić information content (AvgIpc) is 2.45. The van der Waals surface area contributed by atoms with Gasteiger partial charge in [0.15, 0.2) is 9.84 Å². The highest BCUT2D eigenvalue weighted by Gasteiger charge is 2.09. The van der Waals surface area contributed by atoms with E-state index in [2.05, 4.69) is 15.3 Å². The van der Waals surface area contributed by atoms with Gasteiger partial charge in [0, 0.05) is 12.8 Å². The van der Waals surface area contributed by atoms with Gasteiger partial charge < -0.3 is 5.32 Å². The Morgan fingerprint density at radius 3 is 2.38 bits per heavy atom. The lowest BCUT2D eigenvalue weighted by Gasteiger charge is -2.05. The standard InChI is InChI=1S/C13H12ClN3O3S/c1-21(19,20)10-4-2-9(3-5-10)6-17-13(18)11-7-16-12(14)8-15-11/h2-5,7-8H,6H2,1H3,(H,17,18). The van der Waals surface area contributed by atoms with Crippen LogP contribution in [0.5, 0.6) is 0 Å². The summed E-state index contributed by atoms with van der Waals surface area (Å²) < 4.78 is 22.7. The fourth-order valence-electron chi connectivity index (χ4n) is 1.56. The third kappa shape index (κ3) is 4.24. The average molecular weight is 326 g/mol. The number of amides is 1. The van der Waals surface area contributed by atoms with Crippen molar-refractivity contribution in [1.29, 1.82) is 0 Å². The number of carbonyl (C=O) groups excluding carboxylic acids is 1. The number of nitrogens with one attached hydrogen (secondary N) is 1. The molecule has 2 aromatic rings. The van der Waals surface area contributed by atoms with E-state index in [0.29, 0.717) is 0 Å². The van der Waals surface area contributed by atoms with Crippen molar-refractivity contribution in [3.05, 3.63) is 53.1 Å². The highest BCUT2D eigenvalue weighted by molar-refractivity contribution is 7.90. The van der Waals surface area contributed by atoms with Gasteiger partial charge in [0.05, 0.1) is 17.3 Å². The molecule has 0 saturated carbocycles. The van der Waals surface area contributed by atoms with Crippen LogP contribution >= 0.6 is 11.6 Å². The van der Waals surface area contributed by atoms with Crippen LogP contribution < -0.4 is 5.32 Å². The van der Waals surface area contributed by atoms with E-state index in [9.17, 15) is 13.2 Å². The molecular weight excluding hydrogens is 314 g/mol. The summed E-state index contributed by atoms with van der Waals surface area (Å²) in [6.45, 7) is 0.257. The van der Waals surface area contributed by atoms with Crippen molar-refractivity contribution in [2.45, 2.75) is 11.4 Å². The lowest BCUT2D eigenvalue weighted by molar-refractivity contribution is 0.0945. The van der Waals surface area contributed by atoms with Gasteiger partial charge in [-0.3, -0.25) is 4.79 Å². The van der Waals surface area contributed by atoms with Gasteiger partial charge in [-0.1, -0.05) is 23.7 Å². The van der Waals surface area contributed by atoms with Crippen LogP contribution in [-0.4, -0.2) is 30.5 Å². The van der Waals surface area contributed by atoms with E-state index in [1.807, 2.05) is 0 Å². The Morgan fingerprint density at radius 1 is 1.19 bits per heavy atom. The van der Waals surface area contributed by atoms with Crippen LogP contribution in [0.15, 0.2) is 41.6 Å². The molecule has 0 fully saturated rings. The zero-order valence-corrected chi connectivity index (χ0v) is 12.6. The Kier molecular flexibility index (Phi) is 4.54. The first-order valence-corrected chi connectivity index (χ1v) is 8.18. The first kappa shape index (κ1) is 15.4. The van der Waals surface area contributed by atoms with Crippen LogP contribution in [0.1, 0.15) is 16.1 Å². The third-order valence-electron chi connectivity index (χ3n) is 2.66. The maximum Gasteiger partial charge on any atom is 0.271 e. The van der Waals surface area contributed by atoms with Crippen LogP contribution in [0.25, 0.3) is 0 Å². The summed E-state index contributed by atoms with van der Waals surface area (Å²) in [5, 5.41) is 2.87. The Hall–Kier alpha value is -1.99. The minimum atomic E-state index is -3.22. The van der Waals surface area contributed by atoms with Gasteiger partial charge in [0.1, 0.15) is 10.8 Å². The molecule has 0 saturated heterocycles. The van der Waals surface area contributed by atoms with Crippen molar-refractivity contribution in [2.75, 3.05) is 6.26 Å². The Bertz CT molecular complexity index is 743. The Labute approximate surface area is 127 Å². The zero-order valence-electron chi connectivity index (χ0n) is 11.1. The molecule has 110 valence electrons. The van der Waals surface area contributed by atoms with Gasteiger partial charge in [-0.2, -0.15) is 0 Å². The number of hydrogen-bond donors (Lipinski definition) is 1. The minimum Gasteiger partial charge on any atom is -0.347 e. The van der Waals surface area contributed by atoms with Gasteiger partial charge in [-0.05, 0) is 17.7 Å². The third-order valence-corrected chi connectivity index (χ3v) is 3.98. The van der Waals surface area contributed by atoms with E-state index >= 15 is 0 Å². The molecule has 1 aromatic heterocycles. The van der Waals surface area contributed by atoms with Crippen molar-refractivity contribution < 1.29 is 13.2 Å². The molecule has 0 radical (unpaired) electrons.